The van der Waals surface area contributed by atoms with Crippen LogP contribution in [0.5, 0.6) is 0 Å². The van der Waals surface area contributed by atoms with Crippen LogP contribution in [-0.4, -0.2) is 23.1 Å². The number of rotatable bonds is 3. The number of nitrogens with zero attached hydrogens (tertiary/aromatic N) is 3. The van der Waals surface area contributed by atoms with Gasteiger partial charge in [0, 0.05) is 30.8 Å². The molecule has 0 radical (unpaired) electrons. The molecule has 94 valence electrons. The van der Waals surface area contributed by atoms with Crippen LogP contribution in [0.15, 0.2) is 12.4 Å². The van der Waals surface area contributed by atoms with Gasteiger partial charge in [-0.25, -0.2) is 9.97 Å². The largest absolute Gasteiger partial charge is 0.341 e. The van der Waals surface area contributed by atoms with Crippen LogP contribution in [0.3, 0.4) is 0 Å². The minimum Gasteiger partial charge on any atom is -0.341 e. The fourth-order valence-corrected chi connectivity index (χ4v) is 2.81. The van der Waals surface area contributed by atoms with Gasteiger partial charge in [-0.2, -0.15) is 0 Å². The monoisotopic (exact) mass is 297 g/mol. The van der Waals surface area contributed by atoms with Crippen molar-refractivity contribution in [3.63, 3.8) is 0 Å². The molecule has 3 nitrogen and oxygen atoms in total. The summed E-state index contributed by atoms with van der Waals surface area (Å²) in [6.45, 7) is 2.34. The summed E-state index contributed by atoms with van der Waals surface area (Å²) in [6, 6.07) is 0.605. The summed E-state index contributed by atoms with van der Waals surface area (Å²) >= 11 is 3.41. The molecule has 0 aliphatic heterocycles. The Kier molecular flexibility index (Phi) is 4.37. The molecule has 0 bridgehead atoms. The Balaban J connectivity index is 2.04. The molecule has 1 aliphatic carbocycles. The third-order valence-corrected chi connectivity index (χ3v) is 4.27. The van der Waals surface area contributed by atoms with Gasteiger partial charge in [0.15, 0.2) is 0 Å². The number of hydrogen-bond donors (Lipinski definition) is 0. The maximum Gasteiger partial charge on any atom is 0.225 e. The molecule has 2 unspecified atom stereocenters. The van der Waals surface area contributed by atoms with E-state index in [1.165, 1.54) is 25.7 Å². The second kappa shape index (κ2) is 5.80. The highest BCUT2D eigenvalue weighted by Crippen LogP contribution is 2.28. The van der Waals surface area contributed by atoms with Crippen LogP contribution in [0.25, 0.3) is 0 Å². The fourth-order valence-electron chi connectivity index (χ4n) is 2.52. The average Bonchev–Trinajstić information content (AvgIpc) is 2.38. The minimum atomic E-state index is 0.605. The molecule has 2 atom stereocenters. The van der Waals surface area contributed by atoms with E-state index in [1.54, 1.807) is 0 Å². The van der Waals surface area contributed by atoms with E-state index in [4.69, 9.17) is 0 Å². The maximum absolute atomic E-state index is 4.43. The molecule has 0 amide bonds. The molecular formula is C13H20BrN3. The van der Waals surface area contributed by atoms with Crippen molar-refractivity contribution in [2.24, 2.45) is 5.92 Å². The summed E-state index contributed by atoms with van der Waals surface area (Å²) in [6.07, 6.45) is 9.04. The van der Waals surface area contributed by atoms with E-state index in [0.29, 0.717) is 6.04 Å². The van der Waals surface area contributed by atoms with E-state index in [0.717, 1.165) is 22.8 Å². The van der Waals surface area contributed by atoms with E-state index >= 15 is 0 Å². The molecule has 4 heteroatoms. The molecule has 0 aromatic carbocycles. The second-order valence-corrected chi connectivity index (χ2v) is 5.62. The van der Waals surface area contributed by atoms with Crippen molar-refractivity contribution in [1.29, 1.82) is 0 Å². The van der Waals surface area contributed by atoms with Crippen LogP contribution in [0.1, 0.15) is 38.2 Å². The van der Waals surface area contributed by atoms with Crippen molar-refractivity contribution in [2.75, 3.05) is 11.9 Å². The third kappa shape index (κ3) is 3.18. The van der Waals surface area contributed by atoms with Crippen LogP contribution in [0.4, 0.5) is 5.95 Å². The Bertz CT molecular complexity index is 352. The quantitative estimate of drug-likeness (QED) is 0.801. The SMILES string of the molecule is CC1CCCC(N(C)c2ncc(CBr)cn2)C1. The first kappa shape index (κ1) is 12.8. The van der Waals surface area contributed by atoms with Crippen molar-refractivity contribution in [1.82, 2.24) is 9.97 Å². The Morgan fingerprint density at radius 3 is 2.65 bits per heavy atom. The lowest BCUT2D eigenvalue weighted by Gasteiger charge is -2.34. The Morgan fingerprint density at radius 2 is 2.06 bits per heavy atom. The van der Waals surface area contributed by atoms with E-state index < -0.39 is 0 Å². The van der Waals surface area contributed by atoms with Gasteiger partial charge in [-0.15, -0.1) is 0 Å². The van der Waals surface area contributed by atoms with E-state index in [-0.39, 0.29) is 0 Å². The fraction of sp³-hybridized carbons (Fsp3) is 0.692. The zero-order chi connectivity index (χ0) is 12.3. The lowest BCUT2D eigenvalue weighted by atomic mass is 9.86. The lowest BCUT2D eigenvalue weighted by Crippen LogP contribution is -2.36. The summed E-state index contributed by atoms with van der Waals surface area (Å²) in [5.41, 5.74) is 1.12. The third-order valence-electron chi connectivity index (χ3n) is 3.62. The number of hydrogen-bond acceptors (Lipinski definition) is 3. The van der Waals surface area contributed by atoms with Crippen LogP contribution in [0, 0.1) is 5.92 Å². The first-order valence-electron chi connectivity index (χ1n) is 6.30. The van der Waals surface area contributed by atoms with Crippen molar-refractivity contribution in [2.45, 2.75) is 44.0 Å². The van der Waals surface area contributed by atoms with Crippen LogP contribution in [0.2, 0.25) is 0 Å². The number of alkyl halides is 1. The molecule has 1 aliphatic rings. The van der Waals surface area contributed by atoms with Gasteiger partial charge in [0.1, 0.15) is 0 Å². The van der Waals surface area contributed by atoms with Gasteiger partial charge < -0.3 is 4.90 Å². The molecule has 2 rings (SSSR count). The van der Waals surface area contributed by atoms with Crippen molar-refractivity contribution < 1.29 is 0 Å². The van der Waals surface area contributed by atoms with E-state index in [9.17, 15) is 0 Å². The number of halogens is 1. The molecule has 0 spiro atoms. The van der Waals surface area contributed by atoms with Crippen molar-refractivity contribution >= 4 is 21.9 Å². The Hall–Kier alpha value is -0.640. The summed E-state index contributed by atoms with van der Waals surface area (Å²) in [5, 5.41) is 0.817. The smallest absolute Gasteiger partial charge is 0.225 e. The summed E-state index contributed by atoms with van der Waals surface area (Å²) < 4.78 is 0. The standard InChI is InChI=1S/C13H20BrN3/c1-10-4-3-5-12(6-10)17(2)13-15-8-11(7-14)9-16-13/h8-10,12H,3-7H2,1-2H3. The topological polar surface area (TPSA) is 29.0 Å². The predicted octanol–water partition coefficient (Wildman–Crippen LogP) is 3.39. The van der Waals surface area contributed by atoms with Crippen molar-refractivity contribution in [3.8, 4) is 0 Å². The summed E-state index contributed by atoms with van der Waals surface area (Å²) in [7, 11) is 2.12. The van der Waals surface area contributed by atoms with Crippen LogP contribution in [-0.2, 0) is 5.33 Å². The molecule has 1 saturated carbocycles. The molecule has 1 fully saturated rings. The first-order valence-corrected chi connectivity index (χ1v) is 7.42. The lowest BCUT2D eigenvalue weighted by molar-refractivity contribution is 0.334. The van der Waals surface area contributed by atoms with Gasteiger partial charge in [0.2, 0.25) is 5.95 Å². The molecule has 1 aromatic rings. The average molecular weight is 298 g/mol. The second-order valence-electron chi connectivity index (χ2n) is 5.06. The van der Waals surface area contributed by atoms with Gasteiger partial charge in [0.25, 0.3) is 0 Å². The molecule has 17 heavy (non-hydrogen) atoms. The molecule has 1 aromatic heterocycles. The highest BCUT2D eigenvalue weighted by atomic mass is 79.9. The molecule has 0 saturated heterocycles. The van der Waals surface area contributed by atoms with Crippen LogP contribution >= 0.6 is 15.9 Å². The van der Waals surface area contributed by atoms with Gasteiger partial charge in [-0.3, -0.25) is 0 Å². The van der Waals surface area contributed by atoms with Crippen LogP contribution < -0.4 is 4.90 Å². The molecule has 0 N–H and O–H groups in total. The predicted molar refractivity (Wildman–Crippen MR) is 74.5 cm³/mol. The zero-order valence-corrected chi connectivity index (χ0v) is 12.2. The first-order chi connectivity index (χ1) is 8.20. The number of anilines is 1. The summed E-state index contributed by atoms with van der Waals surface area (Å²) in [4.78, 5) is 11.1. The van der Waals surface area contributed by atoms with Gasteiger partial charge in [-0.1, -0.05) is 35.7 Å². The highest BCUT2D eigenvalue weighted by Gasteiger charge is 2.23. The Labute approximate surface area is 112 Å². The van der Waals surface area contributed by atoms with Crippen molar-refractivity contribution in [3.05, 3.63) is 18.0 Å². The highest BCUT2D eigenvalue weighted by molar-refractivity contribution is 9.08. The maximum atomic E-state index is 4.43. The van der Waals surface area contributed by atoms with Gasteiger partial charge >= 0.3 is 0 Å². The minimum absolute atomic E-state index is 0.605. The Morgan fingerprint density at radius 1 is 1.35 bits per heavy atom. The zero-order valence-electron chi connectivity index (χ0n) is 10.6. The van der Waals surface area contributed by atoms with Gasteiger partial charge in [0.05, 0.1) is 0 Å². The summed E-state index contributed by atoms with van der Waals surface area (Å²) in [5.74, 6) is 1.69. The number of aromatic nitrogens is 2. The normalized spacial score (nSPS) is 24.6. The van der Waals surface area contributed by atoms with E-state index in [2.05, 4.69) is 44.8 Å². The molecular weight excluding hydrogens is 278 g/mol. The van der Waals surface area contributed by atoms with E-state index in [1.807, 2.05) is 12.4 Å². The van der Waals surface area contributed by atoms with Gasteiger partial charge in [-0.05, 0) is 24.3 Å². The molecule has 1 heterocycles.